The predicted octanol–water partition coefficient (Wildman–Crippen LogP) is 5.73. The normalized spacial score (nSPS) is 11.2. The monoisotopic (exact) mass is 480 g/mol. The van der Waals surface area contributed by atoms with Crippen molar-refractivity contribution >= 4 is 62.5 Å². The largest absolute Gasteiger partial charge is 0.324 e. The third-order valence-electron chi connectivity index (χ3n) is 5.16. The van der Waals surface area contributed by atoms with E-state index < -0.39 is 10.5 Å². The van der Waals surface area contributed by atoms with Crippen LogP contribution in [0.5, 0.6) is 0 Å². The molecular weight excluding hydrogens is 467 g/mol. The van der Waals surface area contributed by atoms with Gasteiger partial charge >= 0.3 is 0 Å². The summed E-state index contributed by atoms with van der Waals surface area (Å²) in [5.74, 6) is 0.587. The van der Waals surface area contributed by atoms with Crippen molar-refractivity contribution < 1.29 is 4.92 Å². The van der Waals surface area contributed by atoms with E-state index in [0.29, 0.717) is 49.2 Å². The Hall–Kier alpha value is -3.95. The Morgan fingerprint density at radius 2 is 1.73 bits per heavy atom. The molecule has 0 fully saturated rings. The summed E-state index contributed by atoms with van der Waals surface area (Å²) in [4.78, 5) is 38.7. The second-order valence-electron chi connectivity index (χ2n) is 7.34. The molecule has 0 unspecified atom stereocenters. The number of imidazole rings is 1. The first-order valence-electron chi connectivity index (χ1n) is 9.71. The SMILES string of the molecule is Cc1cc2[nH]c(Nc3c(Cl)cccc3Cl)nc2c2c(=O)[nH]c(-c3cccc([N+](=O)[O-])c3)nc12. The van der Waals surface area contributed by atoms with Crippen LogP contribution in [0.4, 0.5) is 17.3 Å². The first-order chi connectivity index (χ1) is 15.8. The van der Waals surface area contributed by atoms with Crippen molar-refractivity contribution in [1.29, 1.82) is 0 Å². The Bertz CT molecular complexity index is 1620. The number of benzene rings is 3. The number of aromatic amines is 2. The molecule has 0 amide bonds. The number of rotatable bonds is 4. The summed E-state index contributed by atoms with van der Waals surface area (Å²) >= 11 is 12.5. The quantitative estimate of drug-likeness (QED) is 0.222. The number of fused-ring (bicyclic) bond motifs is 3. The van der Waals surface area contributed by atoms with E-state index in [0.717, 1.165) is 5.56 Å². The van der Waals surface area contributed by atoms with Gasteiger partial charge in [0.05, 0.1) is 37.1 Å². The number of non-ortho nitro benzene ring substituents is 1. The smallest absolute Gasteiger partial charge is 0.270 e. The lowest BCUT2D eigenvalue weighted by molar-refractivity contribution is -0.384. The van der Waals surface area contributed by atoms with Crippen LogP contribution in [0.3, 0.4) is 0 Å². The van der Waals surface area contributed by atoms with E-state index in [9.17, 15) is 14.9 Å². The molecule has 2 aromatic heterocycles. The fraction of sp³-hybridized carbons (Fsp3) is 0.0455. The lowest BCUT2D eigenvalue weighted by Gasteiger charge is -2.07. The number of H-pyrrole nitrogens is 2. The number of para-hydroxylation sites is 1. The third-order valence-corrected chi connectivity index (χ3v) is 5.79. The highest BCUT2D eigenvalue weighted by Crippen LogP contribution is 2.33. The zero-order valence-corrected chi connectivity index (χ0v) is 18.5. The molecule has 5 rings (SSSR count). The first-order valence-corrected chi connectivity index (χ1v) is 10.5. The van der Waals surface area contributed by atoms with Gasteiger partial charge < -0.3 is 15.3 Å². The predicted molar refractivity (Wildman–Crippen MR) is 129 cm³/mol. The molecule has 0 aliphatic carbocycles. The summed E-state index contributed by atoms with van der Waals surface area (Å²) in [6.45, 7) is 1.82. The van der Waals surface area contributed by atoms with Crippen LogP contribution in [0.1, 0.15) is 5.56 Å². The lowest BCUT2D eigenvalue weighted by Crippen LogP contribution is -2.11. The Morgan fingerprint density at radius 3 is 2.45 bits per heavy atom. The zero-order valence-electron chi connectivity index (χ0n) is 16.9. The Kier molecular flexibility index (Phi) is 4.99. The number of nitrogens with one attached hydrogen (secondary N) is 3. The van der Waals surface area contributed by atoms with Gasteiger partial charge in [-0.2, -0.15) is 0 Å². The lowest BCUT2D eigenvalue weighted by atomic mass is 10.1. The summed E-state index contributed by atoms with van der Waals surface area (Å²) in [7, 11) is 0. The van der Waals surface area contributed by atoms with Gasteiger partial charge in [0.2, 0.25) is 5.95 Å². The Balaban J connectivity index is 1.67. The molecule has 11 heteroatoms. The molecule has 0 radical (unpaired) electrons. The molecule has 164 valence electrons. The molecule has 9 nitrogen and oxygen atoms in total. The number of nitro groups is 1. The number of anilines is 2. The average molecular weight is 481 g/mol. The van der Waals surface area contributed by atoms with Gasteiger partial charge in [0.15, 0.2) is 0 Å². The topological polar surface area (TPSA) is 130 Å². The van der Waals surface area contributed by atoms with Crippen LogP contribution in [0.2, 0.25) is 10.0 Å². The van der Waals surface area contributed by atoms with Crippen molar-refractivity contribution in [2.45, 2.75) is 6.92 Å². The van der Waals surface area contributed by atoms with Gasteiger partial charge in [-0.15, -0.1) is 0 Å². The van der Waals surface area contributed by atoms with Crippen molar-refractivity contribution in [3.8, 4) is 11.4 Å². The molecule has 0 atom stereocenters. The van der Waals surface area contributed by atoms with Crippen LogP contribution in [0.25, 0.3) is 33.3 Å². The second kappa shape index (κ2) is 7.88. The maximum absolute atomic E-state index is 13.1. The van der Waals surface area contributed by atoms with E-state index in [-0.39, 0.29) is 11.5 Å². The molecule has 0 saturated heterocycles. The maximum atomic E-state index is 13.1. The summed E-state index contributed by atoms with van der Waals surface area (Å²) in [6.07, 6.45) is 0. The van der Waals surface area contributed by atoms with Crippen molar-refractivity contribution in [2.75, 3.05) is 5.32 Å². The number of nitro benzene ring substituents is 1. The number of aryl methyl sites for hydroxylation is 1. The van der Waals surface area contributed by atoms with Gasteiger partial charge in [-0.05, 0) is 30.7 Å². The Labute approximate surface area is 195 Å². The van der Waals surface area contributed by atoms with E-state index in [1.807, 2.05) is 13.0 Å². The maximum Gasteiger partial charge on any atom is 0.270 e. The fourth-order valence-electron chi connectivity index (χ4n) is 3.64. The molecule has 0 saturated carbocycles. The van der Waals surface area contributed by atoms with Gasteiger partial charge in [0, 0.05) is 17.7 Å². The van der Waals surface area contributed by atoms with Crippen LogP contribution in [-0.2, 0) is 0 Å². The molecule has 3 aromatic carbocycles. The standard InChI is InChI=1S/C22H14Cl2N6O3/c1-10-8-15-19(28-22(25-15)27-18-13(23)6-3-7-14(18)24)16-17(10)26-20(29-21(16)31)11-4-2-5-12(9-11)30(32)33/h2-9H,1H3,(H2,25,27,28)(H,26,29,31). The van der Waals surface area contributed by atoms with Gasteiger partial charge in [-0.25, -0.2) is 9.97 Å². The molecule has 3 N–H and O–H groups in total. The van der Waals surface area contributed by atoms with E-state index >= 15 is 0 Å². The van der Waals surface area contributed by atoms with Crippen LogP contribution >= 0.6 is 23.2 Å². The third kappa shape index (κ3) is 3.67. The summed E-state index contributed by atoms with van der Waals surface area (Å²) < 4.78 is 0. The van der Waals surface area contributed by atoms with Gasteiger partial charge in [-0.3, -0.25) is 14.9 Å². The zero-order chi connectivity index (χ0) is 23.3. The van der Waals surface area contributed by atoms with E-state index in [1.165, 1.54) is 12.1 Å². The molecule has 5 aromatic rings. The molecule has 2 heterocycles. The summed E-state index contributed by atoms with van der Waals surface area (Å²) in [5.41, 5.74) is 2.64. The average Bonchev–Trinajstić information content (AvgIpc) is 3.18. The highest BCUT2D eigenvalue weighted by atomic mass is 35.5. The highest BCUT2D eigenvalue weighted by molar-refractivity contribution is 6.39. The van der Waals surface area contributed by atoms with Crippen molar-refractivity contribution in [2.24, 2.45) is 0 Å². The van der Waals surface area contributed by atoms with Gasteiger partial charge in [0.1, 0.15) is 11.3 Å². The van der Waals surface area contributed by atoms with E-state index in [2.05, 4.69) is 25.3 Å². The number of hydrogen-bond acceptors (Lipinski definition) is 6. The molecule has 0 spiro atoms. The molecule has 0 aliphatic heterocycles. The van der Waals surface area contributed by atoms with E-state index in [4.69, 9.17) is 23.2 Å². The fourth-order valence-corrected chi connectivity index (χ4v) is 4.14. The molecule has 33 heavy (non-hydrogen) atoms. The minimum atomic E-state index is -0.499. The number of nitrogens with zero attached hydrogens (tertiary/aromatic N) is 3. The van der Waals surface area contributed by atoms with Crippen LogP contribution in [-0.4, -0.2) is 24.9 Å². The molecule has 0 aliphatic rings. The summed E-state index contributed by atoms with van der Waals surface area (Å²) in [5, 5.41) is 15.3. The number of hydrogen-bond donors (Lipinski definition) is 3. The minimum absolute atomic E-state index is 0.0938. The summed E-state index contributed by atoms with van der Waals surface area (Å²) in [6, 6.07) is 12.9. The van der Waals surface area contributed by atoms with E-state index in [1.54, 1.807) is 30.3 Å². The molecule has 0 bridgehead atoms. The minimum Gasteiger partial charge on any atom is -0.324 e. The Morgan fingerprint density at radius 1 is 1.00 bits per heavy atom. The van der Waals surface area contributed by atoms with Crippen molar-refractivity contribution in [3.63, 3.8) is 0 Å². The second-order valence-corrected chi connectivity index (χ2v) is 8.16. The van der Waals surface area contributed by atoms with Crippen LogP contribution in [0.15, 0.2) is 53.3 Å². The van der Waals surface area contributed by atoms with Crippen LogP contribution < -0.4 is 10.9 Å². The van der Waals surface area contributed by atoms with Gasteiger partial charge in [0.25, 0.3) is 11.2 Å². The molecular formula is C22H14Cl2N6O3. The van der Waals surface area contributed by atoms with Crippen molar-refractivity contribution in [3.05, 3.63) is 84.6 Å². The van der Waals surface area contributed by atoms with Gasteiger partial charge in [-0.1, -0.05) is 41.4 Å². The van der Waals surface area contributed by atoms with Crippen molar-refractivity contribution in [1.82, 2.24) is 19.9 Å². The number of aromatic nitrogens is 4. The van der Waals surface area contributed by atoms with Crippen LogP contribution in [0, 0.1) is 17.0 Å². The highest BCUT2D eigenvalue weighted by Gasteiger charge is 2.17. The first kappa shape index (κ1) is 20.9. The number of halogens is 2.